The number of phenols is 2. The second kappa shape index (κ2) is 5.78. The molecule has 4 rings (SSSR count). The van der Waals surface area contributed by atoms with Crippen LogP contribution in [0.3, 0.4) is 0 Å². The molecule has 128 valence electrons. The Labute approximate surface area is 151 Å². The van der Waals surface area contributed by atoms with Crippen molar-refractivity contribution in [1.82, 2.24) is 9.55 Å². The summed E-state index contributed by atoms with van der Waals surface area (Å²) in [6, 6.07) is 12.7. The smallest absolute Gasteiger partial charge is 0.159 e. The normalized spacial score (nSPS) is 13.0. The van der Waals surface area contributed by atoms with E-state index >= 15 is 0 Å². The van der Waals surface area contributed by atoms with Gasteiger partial charge < -0.3 is 14.8 Å². The van der Waals surface area contributed by atoms with Gasteiger partial charge in [-0.15, -0.1) is 0 Å². The van der Waals surface area contributed by atoms with E-state index in [0.717, 1.165) is 33.4 Å². The van der Waals surface area contributed by atoms with Crippen molar-refractivity contribution in [2.24, 2.45) is 7.05 Å². The van der Waals surface area contributed by atoms with Crippen molar-refractivity contribution >= 4 is 11.1 Å². The van der Waals surface area contributed by atoms with Crippen LogP contribution < -0.4 is 0 Å². The third kappa shape index (κ3) is 2.44. The Morgan fingerprint density at radius 3 is 2.50 bits per heavy atom. The molecule has 0 bridgehead atoms. The molecule has 0 unspecified atom stereocenters. The molecule has 0 fully saturated rings. The maximum Gasteiger partial charge on any atom is 0.159 e. The van der Waals surface area contributed by atoms with Crippen LogP contribution in [0.1, 0.15) is 33.8 Å². The summed E-state index contributed by atoms with van der Waals surface area (Å²) in [5, 5.41) is 28.9. The van der Waals surface area contributed by atoms with Crippen LogP contribution in [-0.2, 0) is 13.5 Å². The molecule has 1 heterocycles. The number of benzene rings is 2. The minimum absolute atomic E-state index is 0.209. The summed E-state index contributed by atoms with van der Waals surface area (Å²) in [6.45, 7) is 1.98. The molecule has 2 N–H and O–H groups in total. The highest BCUT2D eigenvalue weighted by Gasteiger charge is 2.28. The van der Waals surface area contributed by atoms with Crippen LogP contribution in [0.4, 0.5) is 0 Å². The Hall–Kier alpha value is -3.52. The molecule has 0 aliphatic heterocycles. The van der Waals surface area contributed by atoms with Gasteiger partial charge in [0.1, 0.15) is 23.4 Å². The summed E-state index contributed by atoms with van der Waals surface area (Å²) in [7, 11) is 1.86. The molecule has 1 aliphatic rings. The maximum absolute atomic E-state index is 10.1. The van der Waals surface area contributed by atoms with Crippen molar-refractivity contribution in [2.75, 3.05) is 0 Å². The summed E-state index contributed by atoms with van der Waals surface area (Å²) in [6.07, 6.45) is 2.40. The molecule has 0 amide bonds. The Morgan fingerprint density at radius 1 is 1.12 bits per heavy atom. The first-order valence-electron chi connectivity index (χ1n) is 8.27. The van der Waals surface area contributed by atoms with E-state index < -0.39 is 0 Å². The van der Waals surface area contributed by atoms with Crippen LogP contribution in [0.5, 0.6) is 11.5 Å². The predicted octanol–water partition coefficient (Wildman–Crippen LogP) is 3.53. The van der Waals surface area contributed by atoms with Crippen LogP contribution in [0.25, 0.3) is 11.1 Å². The van der Waals surface area contributed by atoms with E-state index in [-0.39, 0.29) is 11.5 Å². The summed E-state index contributed by atoms with van der Waals surface area (Å²) in [5.74, 6) is 1.11. The number of hydrogen-bond acceptors (Lipinski definition) is 4. The number of imidazole rings is 1. The molecule has 1 aliphatic carbocycles. The lowest BCUT2D eigenvalue weighted by atomic mass is 9.99. The molecule has 3 aromatic rings. The number of rotatable bonds is 2. The number of aromatic hydroxyl groups is 2. The quantitative estimate of drug-likeness (QED) is 0.746. The zero-order valence-corrected chi connectivity index (χ0v) is 14.5. The molecule has 2 aromatic carbocycles. The number of fused-ring (bicyclic) bond motifs is 1. The first-order valence-corrected chi connectivity index (χ1v) is 8.27. The molecular weight excluding hydrogens is 326 g/mol. The van der Waals surface area contributed by atoms with E-state index in [2.05, 4.69) is 11.1 Å². The molecule has 5 nitrogen and oxygen atoms in total. The highest BCUT2D eigenvalue weighted by Crippen LogP contribution is 2.44. The predicted molar refractivity (Wildman–Crippen MR) is 98.5 cm³/mol. The summed E-state index contributed by atoms with van der Waals surface area (Å²) < 4.78 is 1.84. The topological polar surface area (TPSA) is 82.1 Å². The molecule has 0 spiro atoms. The highest BCUT2D eigenvalue weighted by atomic mass is 16.3. The van der Waals surface area contributed by atoms with Gasteiger partial charge in [0.15, 0.2) is 5.69 Å². The van der Waals surface area contributed by atoms with Crippen molar-refractivity contribution in [1.29, 1.82) is 5.26 Å². The molecule has 0 radical (unpaired) electrons. The van der Waals surface area contributed by atoms with Gasteiger partial charge in [-0.2, -0.15) is 5.26 Å². The fourth-order valence-corrected chi connectivity index (χ4v) is 3.60. The van der Waals surface area contributed by atoms with Gasteiger partial charge in [-0.1, -0.05) is 12.1 Å². The minimum atomic E-state index is 0.209. The SMILES string of the molecule is Cc1cc(O)cc2c1CC(c1ccc(O)cc1)=C2c1nc(C#N)cn1C. The van der Waals surface area contributed by atoms with Gasteiger partial charge >= 0.3 is 0 Å². The third-order valence-electron chi connectivity index (χ3n) is 4.81. The van der Waals surface area contributed by atoms with Crippen LogP contribution in [0.15, 0.2) is 42.6 Å². The van der Waals surface area contributed by atoms with Gasteiger partial charge in [-0.25, -0.2) is 4.98 Å². The number of nitriles is 1. The van der Waals surface area contributed by atoms with Crippen molar-refractivity contribution < 1.29 is 10.2 Å². The van der Waals surface area contributed by atoms with E-state index in [1.165, 1.54) is 0 Å². The second-order valence-electron chi connectivity index (χ2n) is 6.54. The van der Waals surface area contributed by atoms with Gasteiger partial charge in [-0.3, -0.25) is 0 Å². The third-order valence-corrected chi connectivity index (χ3v) is 4.81. The number of allylic oxidation sites excluding steroid dienone is 1. The van der Waals surface area contributed by atoms with Crippen molar-refractivity contribution in [3.63, 3.8) is 0 Å². The Morgan fingerprint density at radius 2 is 1.85 bits per heavy atom. The van der Waals surface area contributed by atoms with Crippen LogP contribution in [0.2, 0.25) is 0 Å². The first-order chi connectivity index (χ1) is 12.5. The first kappa shape index (κ1) is 16.0. The minimum Gasteiger partial charge on any atom is -0.508 e. The molecule has 1 aromatic heterocycles. The van der Waals surface area contributed by atoms with E-state index in [0.29, 0.717) is 17.9 Å². The lowest BCUT2D eigenvalue weighted by molar-refractivity contribution is 0.474. The average molecular weight is 343 g/mol. The Bertz CT molecular complexity index is 1100. The van der Waals surface area contributed by atoms with E-state index in [1.807, 2.05) is 30.7 Å². The van der Waals surface area contributed by atoms with Crippen LogP contribution in [-0.4, -0.2) is 19.8 Å². The molecule has 0 saturated carbocycles. The summed E-state index contributed by atoms with van der Waals surface area (Å²) >= 11 is 0. The van der Waals surface area contributed by atoms with Gasteiger partial charge in [0.2, 0.25) is 0 Å². The monoisotopic (exact) mass is 343 g/mol. The molecule has 0 saturated heterocycles. The summed E-state index contributed by atoms with van der Waals surface area (Å²) in [5.41, 5.74) is 6.40. The molecule has 5 heteroatoms. The standard InChI is InChI=1S/C21H17N3O2/c1-12-7-16(26)8-19-17(12)9-18(13-3-5-15(25)6-4-13)20(19)21-23-14(10-22)11-24(21)2/h3-8,11,25-26H,9H2,1-2H3. The molecule has 0 atom stereocenters. The lowest BCUT2D eigenvalue weighted by Gasteiger charge is -2.10. The number of hydrogen-bond donors (Lipinski definition) is 2. The second-order valence-corrected chi connectivity index (χ2v) is 6.54. The van der Waals surface area contributed by atoms with Crippen LogP contribution >= 0.6 is 0 Å². The zero-order chi connectivity index (χ0) is 18.4. The van der Waals surface area contributed by atoms with Gasteiger partial charge in [0, 0.05) is 18.8 Å². The van der Waals surface area contributed by atoms with Crippen LogP contribution in [0, 0.1) is 18.3 Å². The lowest BCUT2D eigenvalue weighted by Crippen LogP contribution is -1.99. The zero-order valence-electron chi connectivity index (χ0n) is 14.5. The van der Waals surface area contributed by atoms with Gasteiger partial charge in [-0.05, 0) is 65.4 Å². The van der Waals surface area contributed by atoms with Gasteiger partial charge in [0.05, 0.1) is 0 Å². The molecular formula is C21H17N3O2. The van der Waals surface area contributed by atoms with Crippen molar-refractivity contribution in [2.45, 2.75) is 13.3 Å². The van der Waals surface area contributed by atoms with E-state index in [4.69, 9.17) is 0 Å². The molecule has 26 heavy (non-hydrogen) atoms. The van der Waals surface area contributed by atoms with Gasteiger partial charge in [0.25, 0.3) is 0 Å². The largest absolute Gasteiger partial charge is 0.508 e. The summed E-state index contributed by atoms with van der Waals surface area (Å²) in [4.78, 5) is 4.47. The maximum atomic E-state index is 10.1. The Kier molecular flexibility index (Phi) is 3.55. The number of nitrogens with zero attached hydrogens (tertiary/aromatic N) is 3. The van der Waals surface area contributed by atoms with E-state index in [1.54, 1.807) is 30.5 Å². The number of phenolic OH excluding ortho intramolecular Hbond substituents is 2. The highest BCUT2D eigenvalue weighted by molar-refractivity contribution is 6.03. The fourth-order valence-electron chi connectivity index (χ4n) is 3.60. The van der Waals surface area contributed by atoms with Crippen molar-refractivity contribution in [3.05, 3.63) is 76.4 Å². The Balaban J connectivity index is 2.02. The number of aryl methyl sites for hydroxylation is 2. The van der Waals surface area contributed by atoms with E-state index in [9.17, 15) is 15.5 Å². The average Bonchev–Trinajstić information content (AvgIpc) is 3.16. The van der Waals surface area contributed by atoms with Crippen molar-refractivity contribution in [3.8, 4) is 17.6 Å². The number of aromatic nitrogens is 2. The fraction of sp³-hybridized carbons (Fsp3) is 0.143.